The number of nitro benzene ring substituents is 1. The Morgan fingerprint density at radius 3 is 2.80 bits per heavy atom. The van der Waals surface area contributed by atoms with Crippen LogP contribution in [-0.4, -0.2) is 11.0 Å². The van der Waals surface area contributed by atoms with Crippen molar-refractivity contribution in [3.05, 3.63) is 39.4 Å². The summed E-state index contributed by atoms with van der Waals surface area (Å²) in [5, 5.41) is 10.5. The highest BCUT2D eigenvalue weighted by molar-refractivity contribution is 5.85. The third-order valence-electron chi connectivity index (χ3n) is 2.67. The highest BCUT2D eigenvalue weighted by atomic mass is 35.5. The second-order valence-corrected chi connectivity index (χ2v) is 3.71. The predicted molar refractivity (Wildman–Crippen MR) is 60.3 cm³/mol. The van der Waals surface area contributed by atoms with Crippen LogP contribution in [0.2, 0.25) is 0 Å². The van der Waals surface area contributed by atoms with E-state index in [0.29, 0.717) is 0 Å². The van der Waals surface area contributed by atoms with Crippen molar-refractivity contribution in [3.63, 3.8) is 0 Å². The van der Waals surface area contributed by atoms with Crippen LogP contribution in [0.1, 0.15) is 17.5 Å². The van der Waals surface area contributed by atoms with E-state index < -0.39 is 0 Å². The number of nitro groups is 1. The van der Waals surface area contributed by atoms with E-state index in [-0.39, 0.29) is 29.1 Å². The SMILES string of the molecule is Cl.NC1CCc2ccc([N+](=O)[O-])cc2C1. The summed E-state index contributed by atoms with van der Waals surface area (Å²) in [6.07, 6.45) is 2.68. The third-order valence-corrected chi connectivity index (χ3v) is 2.67. The van der Waals surface area contributed by atoms with E-state index in [1.54, 1.807) is 12.1 Å². The second kappa shape index (κ2) is 4.59. The number of nitrogens with two attached hydrogens (primary N) is 1. The number of rotatable bonds is 1. The number of nitrogens with zero attached hydrogens (tertiary/aromatic N) is 1. The topological polar surface area (TPSA) is 69.2 Å². The van der Waals surface area contributed by atoms with Crippen LogP contribution in [-0.2, 0) is 12.8 Å². The number of fused-ring (bicyclic) bond motifs is 1. The molecule has 0 bridgehead atoms. The van der Waals surface area contributed by atoms with Gasteiger partial charge in [-0.2, -0.15) is 0 Å². The van der Waals surface area contributed by atoms with Crippen molar-refractivity contribution in [3.8, 4) is 0 Å². The highest BCUT2D eigenvalue weighted by Gasteiger charge is 2.17. The lowest BCUT2D eigenvalue weighted by Gasteiger charge is -2.20. The van der Waals surface area contributed by atoms with Gasteiger partial charge < -0.3 is 5.73 Å². The van der Waals surface area contributed by atoms with E-state index in [4.69, 9.17) is 5.73 Å². The van der Waals surface area contributed by atoms with Gasteiger partial charge in [0.2, 0.25) is 0 Å². The molecule has 2 N–H and O–H groups in total. The lowest BCUT2D eigenvalue weighted by molar-refractivity contribution is -0.384. The molecule has 82 valence electrons. The van der Waals surface area contributed by atoms with Gasteiger partial charge in [0.05, 0.1) is 4.92 Å². The zero-order valence-electron chi connectivity index (χ0n) is 8.18. The summed E-state index contributed by atoms with van der Waals surface area (Å²) in [4.78, 5) is 10.2. The Balaban J connectivity index is 0.00000112. The van der Waals surface area contributed by atoms with Crippen LogP contribution >= 0.6 is 12.4 Å². The van der Waals surface area contributed by atoms with Gasteiger partial charge in [-0.1, -0.05) is 6.07 Å². The van der Waals surface area contributed by atoms with Crippen molar-refractivity contribution < 1.29 is 4.92 Å². The zero-order chi connectivity index (χ0) is 10.1. The van der Waals surface area contributed by atoms with Gasteiger partial charge in [-0.3, -0.25) is 10.1 Å². The molecule has 4 nitrogen and oxygen atoms in total. The standard InChI is InChI=1S/C10H12N2O2.ClH/c11-9-3-1-7-2-4-10(12(13)14)6-8(7)5-9;/h2,4,6,9H,1,3,5,11H2;1H. The number of hydrogen-bond donors (Lipinski definition) is 1. The van der Waals surface area contributed by atoms with Crippen molar-refractivity contribution >= 4 is 18.1 Å². The van der Waals surface area contributed by atoms with Crippen LogP contribution in [0.3, 0.4) is 0 Å². The summed E-state index contributed by atoms with van der Waals surface area (Å²) >= 11 is 0. The average Bonchev–Trinajstić information content (AvgIpc) is 2.16. The van der Waals surface area contributed by atoms with Crippen LogP contribution < -0.4 is 5.73 Å². The number of hydrogen-bond acceptors (Lipinski definition) is 3. The first kappa shape index (κ1) is 11.9. The molecule has 0 radical (unpaired) electrons. The Hall–Kier alpha value is -1.13. The van der Waals surface area contributed by atoms with Crippen LogP contribution in [0.4, 0.5) is 5.69 Å². The van der Waals surface area contributed by atoms with Gasteiger partial charge in [0, 0.05) is 18.2 Å². The molecule has 0 amide bonds. The predicted octanol–water partition coefficient (Wildman–Crippen LogP) is 1.83. The van der Waals surface area contributed by atoms with Crippen molar-refractivity contribution in [1.82, 2.24) is 0 Å². The molecule has 1 aliphatic rings. The lowest BCUT2D eigenvalue weighted by atomic mass is 9.88. The molecule has 0 saturated carbocycles. The quantitative estimate of drug-likeness (QED) is 0.589. The lowest BCUT2D eigenvalue weighted by Crippen LogP contribution is -2.27. The molecule has 1 aromatic carbocycles. The fraction of sp³-hybridized carbons (Fsp3) is 0.400. The zero-order valence-corrected chi connectivity index (χ0v) is 9.00. The summed E-state index contributed by atoms with van der Waals surface area (Å²) in [5.41, 5.74) is 8.22. The normalized spacial score (nSPS) is 18.9. The maximum atomic E-state index is 10.5. The molecular formula is C10H13ClN2O2. The summed E-state index contributed by atoms with van der Waals surface area (Å²) in [5.74, 6) is 0. The highest BCUT2D eigenvalue weighted by Crippen LogP contribution is 2.24. The van der Waals surface area contributed by atoms with E-state index in [9.17, 15) is 10.1 Å². The Morgan fingerprint density at radius 1 is 1.40 bits per heavy atom. The van der Waals surface area contributed by atoms with Crippen LogP contribution in [0, 0.1) is 10.1 Å². The molecule has 0 aliphatic heterocycles. The van der Waals surface area contributed by atoms with Crippen molar-refractivity contribution in [1.29, 1.82) is 0 Å². The van der Waals surface area contributed by atoms with Gasteiger partial charge in [-0.05, 0) is 30.4 Å². The summed E-state index contributed by atoms with van der Waals surface area (Å²) in [6.45, 7) is 0. The van der Waals surface area contributed by atoms with Crippen molar-refractivity contribution in [2.75, 3.05) is 0 Å². The Bertz CT molecular complexity index is 382. The van der Waals surface area contributed by atoms with Crippen molar-refractivity contribution in [2.45, 2.75) is 25.3 Å². The molecule has 0 fully saturated rings. The van der Waals surface area contributed by atoms with E-state index >= 15 is 0 Å². The average molecular weight is 229 g/mol. The first-order valence-electron chi connectivity index (χ1n) is 4.68. The molecule has 1 atom stereocenters. The number of halogens is 1. The van der Waals surface area contributed by atoms with Gasteiger partial charge in [0.15, 0.2) is 0 Å². The smallest absolute Gasteiger partial charge is 0.269 e. The van der Waals surface area contributed by atoms with Crippen LogP contribution in [0.15, 0.2) is 18.2 Å². The summed E-state index contributed by atoms with van der Waals surface area (Å²) < 4.78 is 0. The minimum absolute atomic E-state index is 0. The van der Waals surface area contributed by atoms with E-state index in [1.807, 2.05) is 6.07 Å². The summed E-state index contributed by atoms with van der Waals surface area (Å²) in [6, 6.07) is 5.22. The molecule has 0 spiro atoms. The minimum Gasteiger partial charge on any atom is -0.327 e. The fourth-order valence-electron chi connectivity index (χ4n) is 1.89. The number of non-ortho nitro benzene ring substituents is 1. The van der Waals surface area contributed by atoms with Crippen LogP contribution in [0.25, 0.3) is 0 Å². The molecular weight excluding hydrogens is 216 g/mol. The van der Waals surface area contributed by atoms with E-state index in [0.717, 1.165) is 24.8 Å². The second-order valence-electron chi connectivity index (χ2n) is 3.71. The Labute approximate surface area is 94.0 Å². The molecule has 1 aliphatic carbocycles. The van der Waals surface area contributed by atoms with Crippen molar-refractivity contribution in [2.24, 2.45) is 5.73 Å². The summed E-state index contributed by atoms with van der Waals surface area (Å²) in [7, 11) is 0. The van der Waals surface area contributed by atoms with E-state index in [2.05, 4.69) is 0 Å². The largest absolute Gasteiger partial charge is 0.327 e. The van der Waals surface area contributed by atoms with Gasteiger partial charge in [0.25, 0.3) is 5.69 Å². The number of aryl methyl sites for hydroxylation is 1. The molecule has 0 saturated heterocycles. The Morgan fingerprint density at radius 2 is 2.13 bits per heavy atom. The van der Waals surface area contributed by atoms with Gasteiger partial charge in [-0.25, -0.2) is 0 Å². The molecule has 1 unspecified atom stereocenters. The number of benzene rings is 1. The fourth-order valence-corrected chi connectivity index (χ4v) is 1.89. The molecule has 2 rings (SSSR count). The van der Waals surface area contributed by atoms with Gasteiger partial charge in [-0.15, -0.1) is 12.4 Å². The maximum Gasteiger partial charge on any atom is 0.269 e. The van der Waals surface area contributed by atoms with E-state index in [1.165, 1.54) is 5.56 Å². The maximum absolute atomic E-state index is 10.5. The molecule has 5 heteroatoms. The van der Waals surface area contributed by atoms with Gasteiger partial charge >= 0.3 is 0 Å². The molecule has 15 heavy (non-hydrogen) atoms. The molecule has 0 heterocycles. The Kier molecular flexibility index (Phi) is 3.66. The monoisotopic (exact) mass is 228 g/mol. The molecule has 0 aromatic heterocycles. The van der Waals surface area contributed by atoms with Crippen LogP contribution in [0.5, 0.6) is 0 Å². The molecule has 1 aromatic rings. The first-order valence-corrected chi connectivity index (χ1v) is 4.68. The first-order chi connectivity index (χ1) is 6.66. The van der Waals surface area contributed by atoms with Gasteiger partial charge in [0.1, 0.15) is 0 Å². The minimum atomic E-state index is -0.361. The third kappa shape index (κ3) is 2.46.